The molecule has 4 rings (SSSR count). The Hall–Kier alpha value is -3.49. The third-order valence-corrected chi connectivity index (χ3v) is 5.59. The fraction of sp³-hybridized carbons (Fsp3) is 0.0909. The van der Waals surface area contributed by atoms with Gasteiger partial charge in [0.05, 0.1) is 18.4 Å². The number of ether oxygens (including phenoxy) is 1. The van der Waals surface area contributed by atoms with E-state index in [1.54, 1.807) is 37.7 Å². The largest absolute Gasteiger partial charge is 0.494 e. The van der Waals surface area contributed by atoms with E-state index in [0.29, 0.717) is 38.7 Å². The summed E-state index contributed by atoms with van der Waals surface area (Å²) in [7, 11) is 1.56. The highest BCUT2D eigenvalue weighted by Crippen LogP contribution is 2.38. The third kappa shape index (κ3) is 4.99. The molecule has 31 heavy (non-hydrogen) atoms. The molecule has 0 saturated carbocycles. The Bertz CT molecular complexity index is 1180. The maximum atomic E-state index is 12.5. The molecule has 2 heterocycles. The van der Waals surface area contributed by atoms with E-state index in [4.69, 9.17) is 16.3 Å². The second-order valence-electron chi connectivity index (χ2n) is 6.47. The Morgan fingerprint density at radius 3 is 2.58 bits per heavy atom. The van der Waals surface area contributed by atoms with Crippen molar-refractivity contribution in [1.82, 2.24) is 15.2 Å². The Morgan fingerprint density at radius 1 is 1.06 bits per heavy atom. The average molecular weight is 452 g/mol. The van der Waals surface area contributed by atoms with Crippen LogP contribution in [0.1, 0.15) is 15.9 Å². The van der Waals surface area contributed by atoms with Gasteiger partial charge in [0.1, 0.15) is 0 Å². The summed E-state index contributed by atoms with van der Waals surface area (Å²) in [5, 5.41) is 16.7. The van der Waals surface area contributed by atoms with E-state index in [9.17, 15) is 4.79 Å². The first-order valence-corrected chi connectivity index (χ1v) is 10.5. The third-order valence-electron chi connectivity index (χ3n) is 4.42. The highest BCUT2D eigenvalue weighted by Gasteiger charge is 2.17. The predicted octanol–water partition coefficient (Wildman–Crippen LogP) is 5.13. The van der Waals surface area contributed by atoms with Gasteiger partial charge in [0.2, 0.25) is 5.13 Å². The Morgan fingerprint density at radius 2 is 1.84 bits per heavy atom. The fourth-order valence-corrected chi connectivity index (χ4v) is 3.79. The molecule has 0 aliphatic carbocycles. The molecule has 0 bridgehead atoms. The maximum Gasteiger partial charge on any atom is 0.255 e. The number of para-hydroxylation sites is 1. The van der Waals surface area contributed by atoms with E-state index in [-0.39, 0.29) is 5.91 Å². The van der Waals surface area contributed by atoms with Gasteiger partial charge < -0.3 is 15.4 Å². The number of benzene rings is 2. The van der Waals surface area contributed by atoms with Gasteiger partial charge in [0.25, 0.3) is 5.91 Å². The van der Waals surface area contributed by atoms with Crippen molar-refractivity contribution < 1.29 is 9.53 Å². The predicted molar refractivity (Wildman–Crippen MR) is 123 cm³/mol. The van der Waals surface area contributed by atoms with Gasteiger partial charge in [0, 0.05) is 29.5 Å². The van der Waals surface area contributed by atoms with E-state index >= 15 is 0 Å². The molecular formula is C22H18ClN5O2S. The summed E-state index contributed by atoms with van der Waals surface area (Å²) >= 11 is 7.33. The summed E-state index contributed by atoms with van der Waals surface area (Å²) < 4.78 is 5.60. The highest BCUT2D eigenvalue weighted by atomic mass is 35.5. The minimum Gasteiger partial charge on any atom is -0.494 e. The number of hydrogen-bond donors (Lipinski definition) is 2. The molecule has 0 aliphatic heterocycles. The molecule has 9 heteroatoms. The summed E-state index contributed by atoms with van der Waals surface area (Å²) in [6.07, 6.45) is 3.14. The summed E-state index contributed by atoms with van der Waals surface area (Å²) in [5.41, 5.74) is 2.88. The molecule has 1 amide bonds. The van der Waals surface area contributed by atoms with E-state index in [0.717, 1.165) is 11.1 Å². The number of anilines is 2. The van der Waals surface area contributed by atoms with Crippen LogP contribution in [0, 0.1) is 0 Å². The van der Waals surface area contributed by atoms with Crippen molar-refractivity contribution in [2.24, 2.45) is 0 Å². The number of amides is 1. The van der Waals surface area contributed by atoms with Crippen LogP contribution >= 0.6 is 22.9 Å². The normalized spacial score (nSPS) is 10.5. The average Bonchev–Trinajstić information content (AvgIpc) is 3.28. The van der Waals surface area contributed by atoms with Crippen LogP contribution in [-0.2, 0) is 6.54 Å². The minimum atomic E-state index is -0.250. The van der Waals surface area contributed by atoms with Gasteiger partial charge >= 0.3 is 0 Å². The molecule has 2 N–H and O–H groups in total. The van der Waals surface area contributed by atoms with Crippen LogP contribution in [0.5, 0.6) is 5.75 Å². The van der Waals surface area contributed by atoms with E-state index in [1.165, 1.54) is 11.3 Å². The van der Waals surface area contributed by atoms with Crippen molar-refractivity contribution in [1.29, 1.82) is 0 Å². The first-order chi connectivity index (χ1) is 15.1. The molecule has 0 atom stereocenters. The van der Waals surface area contributed by atoms with Crippen LogP contribution in [0.25, 0.3) is 10.6 Å². The maximum absolute atomic E-state index is 12.5. The lowest BCUT2D eigenvalue weighted by molar-refractivity contribution is 0.102. The molecule has 2 aromatic heterocycles. The molecule has 0 spiro atoms. The van der Waals surface area contributed by atoms with Crippen molar-refractivity contribution in [3.05, 3.63) is 83.1 Å². The molecule has 156 valence electrons. The molecule has 0 aliphatic rings. The van der Waals surface area contributed by atoms with Crippen molar-refractivity contribution in [3.63, 3.8) is 0 Å². The number of halogens is 1. The second-order valence-corrected chi connectivity index (χ2v) is 7.88. The molecule has 7 nitrogen and oxygen atoms in total. The number of rotatable bonds is 7. The van der Waals surface area contributed by atoms with Gasteiger partial charge in [0.15, 0.2) is 10.8 Å². The van der Waals surface area contributed by atoms with Gasteiger partial charge in [-0.15, -0.1) is 10.2 Å². The lowest BCUT2D eigenvalue weighted by Gasteiger charge is -2.13. The van der Waals surface area contributed by atoms with Gasteiger partial charge in [-0.25, -0.2) is 0 Å². The smallest absolute Gasteiger partial charge is 0.255 e. The van der Waals surface area contributed by atoms with Crippen molar-refractivity contribution in [2.45, 2.75) is 6.54 Å². The van der Waals surface area contributed by atoms with Crippen LogP contribution in [0.2, 0.25) is 5.02 Å². The van der Waals surface area contributed by atoms with E-state index < -0.39 is 0 Å². The lowest BCUT2D eigenvalue weighted by Crippen LogP contribution is -2.12. The van der Waals surface area contributed by atoms with Crippen LogP contribution in [0.3, 0.4) is 0 Å². The number of carbonyl (C=O) groups excluding carboxylic acids is 1. The molecule has 0 radical (unpaired) electrons. The van der Waals surface area contributed by atoms with Crippen LogP contribution in [0.15, 0.2) is 67.0 Å². The monoisotopic (exact) mass is 451 g/mol. The summed E-state index contributed by atoms with van der Waals surface area (Å²) in [5.74, 6) is 0.269. The number of nitrogens with one attached hydrogen (secondary N) is 2. The van der Waals surface area contributed by atoms with Gasteiger partial charge in [-0.3, -0.25) is 9.78 Å². The summed E-state index contributed by atoms with van der Waals surface area (Å²) in [6, 6.07) is 16.4. The van der Waals surface area contributed by atoms with Crippen LogP contribution in [-0.4, -0.2) is 28.2 Å². The fourth-order valence-electron chi connectivity index (χ4n) is 2.90. The number of pyridine rings is 1. The van der Waals surface area contributed by atoms with Crippen LogP contribution in [0.4, 0.5) is 10.8 Å². The Kier molecular flexibility index (Phi) is 6.40. The zero-order valence-corrected chi connectivity index (χ0v) is 18.1. The zero-order valence-electron chi connectivity index (χ0n) is 16.5. The molecular weight excluding hydrogens is 434 g/mol. The number of carbonyl (C=O) groups is 1. The number of aromatic nitrogens is 3. The summed E-state index contributed by atoms with van der Waals surface area (Å²) in [6.45, 7) is 0.602. The number of hydrogen-bond acceptors (Lipinski definition) is 7. The lowest BCUT2D eigenvalue weighted by atomic mass is 10.1. The molecule has 2 aromatic carbocycles. The first kappa shape index (κ1) is 20.8. The zero-order chi connectivity index (χ0) is 21.6. The van der Waals surface area contributed by atoms with Crippen molar-refractivity contribution in [2.75, 3.05) is 17.7 Å². The van der Waals surface area contributed by atoms with Crippen LogP contribution < -0.4 is 15.4 Å². The summed E-state index contributed by atoms with van der Waals surface area (Å²) in [4.78, 5) is 16.5. The number of methoxy groups -OCH3 is 1. The van der Waals surface area contributed by atoms with Crippen molar-refractivity contribution >= 4 is 39.7 Å². The quantitative estimate of drug-likeness (QED) is 0.405. The topological polar surface area (TPSA) is 89.0 Å². The Balaban J connectivity index is 1.52. The highest BCUT2D eigenvalue weighted by molar-refractivity contribution is 7.18. The SMILES string of the molecule is COc1c(NC(=O)c2ccncc2)cccc1-c1nnc(NCc2ccc(Cl)cc2)s1. The molecule has 0 saturated heterocycles. The first-order valence-electron chi connectivity index (χ1n) is 9.34. The number of nitrogens with zero attached hydrogens (tertiary/aromatic N) is 3. The van der Waals surface area contributed by atoms with E-state index in [2.05, 4.69) is 25.8 Å². The van der Waals surface area contributed by atoms with Gasteiger partial charge in [-0.1, -0.05) is 41.1 Å². The van der Waals surface area contributed by atoms with Gasteiger partial charge in [-0.05, 0) is 42.0 Å². The minimum absolute atomic E-state index is 0.250. The van der Waals surface area contributed by atoms with E-state index in [1.807, 2.05) is 36.4 Å². The van der Waals surface area contributed by atoms with Crippen molar-refractivity contribution in [3.8, 4) is 16.3 Å². The molecule has 0 unspecified atom stereocenters. The standard InChI is InChI=1S/C22H18ClN5O2S/c1-30-19-17(3-2-4-18(19)26-20(29)15-9-11-24-12-10-15)21-27-28-22(31-21)25-13-14-5-7-16(23)8-6-14/h2-12H,13H2,1H3,(H,25,28)(H,26,29). The van der Waals surface area contributed by atoms with Gasteiger partial charge in [-0.2, -0.15) is 0 Å². The molecule has 0 fully saturated rings. The second kappa shape index (κ2) is 9.55. The molecule has 4 aromatic rings. The Labute approximate surface area is 188 Å².